The maximum absolute atomic E-state index is 11.1. The highest BCUT2D eigenvalue weighted by atomic mass is 16.6. The van der Waals surface area contributed by atoms with Crippen molar-refractivity contribution in [3.05, 3.63) is 23.8 Å². The molecule has 1 aliphatic heterocycles. The van der Waals surface area contributed by atoms with Crippen LogP contribution in [0.5, 0.6) is 0 Å². The van der Waals surface area contributed by atoms with E-state index in [2.05, 4.69) is 28.1 Å². The number of methoxy groups -OCH3 is 1. The molecule has 1 aliphatic carbocycles. The van der Waals surface area contributed by atoms with Crippen molar-refractivity contribution in [1.82, 2.24) is 0 Å². The summed E-state index contributed by atoms with van der Waals surface area (Å²) in [4.78, 5) is 16.3. The van der Waals surface area contributed by atoms with Crippen molar-refractivity contribution in [1.29, 1.82) is 0 Å². The highest BCUT2D eigenvalue weighted by Gasteiger charge is 2.25. The zero-order valence-corrected chi connectivity index (χ0v) is 9.31. The number of allylic oxidation sites excluding steroid dienone is 4. The Kier molecular flexibility index (Phi) is 3.39. The maximum Gasteiger partial charge on any atom is 0.309 e. The van der Waals surface area contributed by atoms with E-state index in [1.165, 1.54) is 7.11 Å². The van der Waals surface area contributed by atoms with E-state index in [-0.39, 0.29) is 18.5 Å². The lowest BCUT2D eigenvalue weighted by Crippen LogP contribution is -2.15. The van der Waals surface area contributed by atoms with E-state index < -0.39 is 0 Å². The molecule has 2 rings (SSSR count). The second-order valence-electron chi connectivity index (χ2n) is 3.89. The fourth-order valence-electron chi connectivity index (χ4n) is 1.80. The standard InChI is InChI=1S/C12H15NO3/c1-15-12(14)8-10-7-11(13-16-10)9-5-3-2-4-6-9/h3,5-6,10H,2,4,7-8H2,1H3/t10-/m0/s1. The minimum absolute atomic E-state index is 0.168. The molecule has 0 unspecified atom stereocenters. The van der Waals surface area contributed by atoms with Crippen LogP contribution in [0.3, 0.4) is 0 Å². The molecule has 16 heavy (non-hydrogen) atoms. The van der Waals surface area contributed by atoms with Gasteiger partial charge in [0.05, 0.1) is 19.2 Å². The van der Waals surface area contributed by atoms with Gasteiger partial charge in [-0.05, 0) is 18.4 Å². The van der Waals surface area contributed by atoms with E-state index in [4.69, 9.17) is 4.84 Å². The van der Waals surface area contributed by atoms with Gasteiger partial charge < -0.3 is 9.57 Å². The van der Waals surface area contributed by atoms with E-state index in [0.717, 1.165) is 24.1 Å². The molecule has 0 amide bonds. The van der Waals surface area contributed by atoms with Gasteiger partial charge in [-0.2, -0.15) is 0 Å². The summed E-state index contributed by atoms with van der Waals surface area (Å²) in [5.41, 5.74) is 2.06. The molecular weight excluding hydrogens is 206 g/mol. The van der Waals surface area contributed by atoms with Gasteiger partial charge in [-0.3, -0.25) is 4.79 Å². The topological polar surface area (TPSA) is 47.9 Å². The maximum atomic E-state index is 11.1. The van der Waals surface area contributed by atoms with E-state index in [0.29, 0.717) is 6.42 Å². The van der Waals surface area contributed by atoms with Gasteiger partial charge in [-0.15, -0.1) is 0 Å². The van der Waals surface area contributed by atoms with Crippen molar-refractivity contribution in [3.63, 3.8) is 0 Å². The van der Waals surface area contributed by atoms with Gasteiger partial charge in [0.15, 0.2) is 0 Å². The highest BCUT2D eigenvalue weighted by Crippen LogP contribution is 2.22. The summed E-state index contributed by atoms with van der Waals surface area (Å²) >= 11 is 0. The number of oxime groups is 1. The largest absolute Gasteiger partial charge is 0.469 e. The van der Waals surface area contributed by atoms with E-state index in [1.807, 2.05) is 0 Å². The molecule has 0 bridgehead atoms. The van der Waals surface area contributed by atoms with Gasteiger partial charge in [0, 0.05) is 6.42 Å². The number of rotatable bonds is 3. The molecular formula is C12H15NO3. The summed E-state index contributed by atoms with van der Waals surface area (Å²) in [5, 5.41) is 4.02. The number of hydrogen-bond acceptors (Lipinski definition) is 4. The summed E-state index contributed by atoms with van der Waals surface area (Å²) in [6.45, 7) is 0. The Morgan fingerprint density at radius 2 is 2.50 bits per heavy atom. The Bertz CT molecular complexity index is 368. The highest BCUT2D eigenvalue weighted by molar-refractivity contribution is 6.03. The van der Waals surface area contributed by atoms with Gasteiger partial charge in [0.2, 0.25) is 0 Å². The van der Waals surface area contributed by atoms with Gasteiger partial charge in [-0.25, -0.2) is 0 Å². The molecule has 0 aromatic carbocycles. The fourth-order valence-corrected chi connectivity index (χ4v) is 1.80. The average Bonchev–Trinajstić information content (AvgIpc) is 2.78. The summed E-state index contributed by atoms with van der Waals surface area (Å²) in [7, 11) is 1.38. The molecule has 1 atom stereocenters. The Morgan fingerprint density at radius 1 is 1.62 bits per heavy atom. The van der Waals surface area contributed by atoms with E-state index in [9.17, 15) is 4.79 Å². The van der Waals surface area contributed by atoms with Crippen molar-refractivity contribution in [3.8, 4) is 0 Å². The zero-order valence-electron chi connectivity index (χ0n) is 9.31. The summed E-state index contributed by atoms with van der Waals surface area (Å²) in [5.74, 6) is -0.255. The van der Waals surface area contributed by atoms with E-state index >= 15 is 0 Å². The number of nitrogens with zero attached hydrogens (tertiary/aromatic N) is 1. The Balaban J connectivity index is 1.89. The van der Waals surface area contributed by atoms with Crippen LogP contribution in [0.4, 0.5) is 0 Å². The lowest BCUT2D eigenvalue weighted by molar-refractivity contribution is -0.143. The van der Waals surface area contributed by atoms with Crippen molar-refractivity contribution in [2.24, 2.45) is 5.16 Å². The summed E-state index contributed by atoms with van der Waals surface area (Å²) < 4.78 is 4.59. The molecule has 4 nitrogen and oxygen atoms in total. The van der Waals surface area contributed by atoms with Crippen LogP contribution < -0.4 is 0 Å². The number of carbonyl (C=O) groups excluding carboxylic acids is 1. The zero-order chi connectivity index (χ0) is 11.4. The summed E-state index contributed by atoms with van der Waals surface area (Å²) in [6, 6.07) is 0. The first-order valence-corrected chi connectivity index (χ1v) is 5.46. The monoisotopic (exact) mass is 221 g/mol. The quantitative estimate of drug-likeness (QED) is 0.684. The third-order valence-electron chi connectivity index (χ3n) is 2.68. The summed E-state index contributed by atoms with van der Waals surface area (Å²) in [6.07, 6.45) is 9.26. The lowest BCUT2D eigenvalue weighted by Gasteiger charge is -2.06. The molecule has 0 aromatic rings. The Morgan fingerprint density at radius 3 is 3.19 bits per heavy atom. The SMILES string of the molecule is COC(=O)C[C@@H]1CC(C2=CCCC=C2)=NO1. The number of ether oxygens (including phenoxy) is 1. The van der Waals surface area contributed by atoms with Gasteiger partial charge in [0.1, 0.15) is 6.10 Å². The molecule has 0 fully saturated rings. The average molecular weight is 221 g/mol. The Hall–Kier alpha value is -1.58. The van der Waals surface area contributed by atoms with Crippen molar-refractivity contribution in [2.45, 2.75) is 31.8 Å². The molecule has 4 heteroatoms. The van der Waals surface area contributed by atoms with Crippen LogP contribution in [0.25, 0.3) is 0 Å². The van der Waals surface area contributed by atoms with Crippen molar-refractivity contribution < 1.29 is 14.4 Å². The van der Waals surface area contributed by atoms with Crippen LogP contribution in [0.1, 0.15) is 25.7 Å². The predicted molar refractivity (Wildman–Crippen MR) is 60.0 cm³/mol. The predicted octanol–water partition coefficient (Wildman–Crippen LogP) is 1.97. The van der Waals surface area contributed by atoms with Crippen LogP contribution >= 0.6 is 0 Å². The van der Waals surface area contributed by atoms with Crippen LogP contribution in [0.15, 0.2) is 29.0 Å². The second-order valence-corrected chi connectivity index (χ2v) is 3.89. The van der Waals surface area contributed by atoms with Gasteiger partial charge >= 0.3 is 5.97 Å². The van der Waals surface area contributed by atoms with Crippen molar-refractivity contribution in [2.75, 3.05) is 7.11 Å². The first-order chi connectivity index (χ1) is 7.79. The van der Waals surface area contributed by atoms with E-state index in [1.54, 1.807) is 0 Å². The normalized spacial score (nSPS) is 23.4. The molecule has 86 valence electrons. The molecule has 0 N–H and O–H groups in total. The van der Waals surface area contributed by atoms with Crippen LogP contribution in [0, 0.1) is 0 Å². The lowest BCUT2D eigenvalue weighted by atomic mass is 9.98. The fraction of sp³-hybridized carbons (Fsp3) is 0.500. The van der Waals surface area contributed by atoms with Crippen LogP contribution in [0.2, 0.25) is 0 Å². The first-order valence-electron chi connectivity index (χ1n) is 5.46. The van der Waals surface area contributed by atoms with Gasteiger partial charge in [0.25, 0.3) is 0 Å². The van der Waals surface area contributed by atoms with Crippen LogP contribution in [-0.2, 0) is 14.4 Å². The number of hydrogen-bond donors (Lipinski definition) is 0. The van der Waals surface area contributed by atoms with Crippen LogP contribution in [-0.4, -0.2) is 24.9 Å². The molecule has 1 heterocycles. The van der Waals surface area contributed by atoms with Gasteiger partial charge in [-0.1, -0.05) is 23.4 Å². The second kappa shape index (κ2) is 4.96. The molecule has 0 saturated heterocycles. The third kappa shape index (κ3) is 2.51. The minimum atomic E-state index is -0.255. The number of esters is 1. The number of carbonyl (C=O) groups is 1. The molecule has 0 saturated carbocycles. The third-order valence-corrected chi connectivity index (χ3v) is 2.68. The molecule has 2 aliphatic rings. The molecule has 0 spiro atoms. The van der Waals surface area contributed by atoms with Crippen molar-refractivity contribution >= 4 is 11.7 Å². The minimum Gasteiger partial charge on any atom is -0.469 e. The molecule has 0 aromatic heterocycles. The smallest absolute Gasteiger partial charge is 0.309 e. The molecule has 0 radical (unpaired) electrons. The Labute approximate surface area is 94.6 Å². The first kappa shape index (κ1) is 10.9.